The van der Waals surface area contributed by atoms with Crippen LogP contribution in [0.25, 0.3) is 10.9 Å². The Morgan fingerprint density at radius 3 is 3.09 bits per heavy atom. The number of hydrogen-bond acceptors (Lipinski definition) is 1. The van der Waals surface area contributed by atoms with Gasteiger partial charge >= 0.3 is 0 Å². The molecule has 0 saturated carbocycles. The molecule has 2 rings (SSSR count). The maximum absolute atomic E-state index is 4.12. The van der Waals surface area contributed by atoms with Crippen LogP contribution in [0, 0.1) is 6.92 Å². The molecule has 11 heavy (non-hydrogen) atoms. The lowest BCUT2D eigenvalue weighted by Gasteiger charge is -1.89. The lowest BCUT2D eigenvalue weighted by Crippen LogP contribution is -1.73. The zero-order valence-electron chi connectivity index (χ0n) is 6.06. The van der Waals surface area contributed by atoms with Crippen LogP contribution in [0.3, 0.4) is 0 Å². The predicted octanol–water partition coefficient (Wildman–Crippen LogP) is 2.63. The summed E-state index contributed by atoms with van der Waals surface area (Å²) in [5.41, 5.74) is 2.29. The molecule has 0 aliphatic carbocycles. The third kappa shape index (κ3) is 1.05. The van der Waals surface area contributed by atoms with E-state index in [1.54, 1.807) is 6.20 Å². The first-order chi connectivity index (χ1) is 5.27. The number of hydrogen-bond donors (Lipinski definition) is 1. The maximum atomic E-state index is 4.12. The first-order valence-corrected chi connectivity index (χ1v) is 4.16. The number of aryl methyl sites for hydroxylation is 1. The molecule has 0 aliphatic rings. The van der Waals surface area contributed by atoms with Gasteiger partial charge in [-0.25, -0.2) is 4.98 Å². The molecule has 2 nitrogen and oxygen atoms in total. The van der Waals surface area contributed by atoms with Crippen LogP contribution in [0.5, 0.6) is 0 Å². The van der Waals surface area contributed by atoms with Crippen LogP contribution in [-0.4, -0.2) is 9.97 Å². The van der Waals surface area contributed by atoms with Gasteiger partial charge in [-0.15, -0.1) is 0 Å². The van der Waals surface area contributed by atoms with Crippen molar-refractivity contribution in [2.75, 3.05) is 0 Å². The molecule has 0 aromatic carbocycles. The lowest BCUT2D eigenvalue weighted by atomic mass is 10.3. The van der Waals surface area contributed by atoms with E-state index in [2.05, 4.69) is 32.0 Å². The Hall–Kier alpha value is -0.830. The highest BCUT2D eigenvalue weighted by Crippen LogP contribution is 2.21. The first-order valence-electron chi connectivity index (χ1n) is 3.37. The molecular formula is C8H7BrN2. The van der Waals surface area contributed by atoms with E-state index in [0.717, 1.165) is 21.2 Å². The fourth-order valence-corrected chi connectivity index (χ4v) is 1.61. The van der Waals surface area contributed by atoms with E-state index in [1.807, 2.05) is 13.0 Å². The number of nitrogens with zero attached hydrogens (tertiary/aromatic N) is 1. The minimum absolute atomic E-state index is 0.902. The van der Waals surface area contributed by atoms with Crippen LogP contribution in [0.2, 0.25) is 0 Å². The maximum Gasteiger partial charge on any atom is 0.115 e. The van der Waals surface area contributed by atoms with E-state index in [9.17, 15) is 0 Å². The van der Waals surface area contributed by atoms with E-state index in [1.165, 1.54) is 0 Å². The van der Waals surface area contributed by atoms with E-state index in [-0.39, 0.29) is 0 Å². The van der Waals surface area contributed by atoms with Gasteiger partial charge in [0.05, 0.1) is 0 Å². The molecule has 0 atom stereocenters. The number of H-pyrrole nitrogens is 1. The van der Waals surface area contributed by atoms with Crippen LogP contribution in [0.1, 0.15) is 5.69 Å². The zero-order chi connectivity index (χ0) is 7.84. The zero-order valence-corrected chi connectivity index (χ0v) is 7.64. The van der Waals surface area contributed by atoms with E-state index >= 15 is 0 Å². The number of rotatable bonds is 0. The average molecular weight is 211 g/mol. The molecule has 0 bridgehead atoms. The summed E-state index contributed by atoms with van der Waals surface area (Å²) in [6, 6.07) is 4.04. The Balaban J connectivity index is 2.90. The third-order valence-corrected chi connectivity index (χ3v) is 2.27. The third-order valence-electron chi connectivity index (χ3n) is 1.63. The van der Waals surface area contributed by atoms with Crippen LogP contribution >= 0.6 is 15.9 Å². The summed E-state index contributed by atoms with van der Waals surface area (Å²) in [5.74, 6) is 0. The Labute approximate surface area is 72.8 Å². The highest BCUT2D eigenvalue weighted by molar-refractivity contribution is 9.10. The van der Waals surface area contributed by atoms with Gasteiger partial charge in [0.15, 0.2) is 0 Å². The van der Waals surface area contributed by atoms with Gasteiger partial charge in [0, 0.05) is 22.8 Å². The van der Waals surface area contributed by atoms with Gasteiger partial charge in [-0.3, -0.25) is 0 Å². The molecule has 0 fully saturated rings. The van der Waals surface area contributed by atoms with Crippen molar-refractivity contribution in [2.24, 2.45) is 0 Å². The normalized spacial score (nSPS) is 10.7. The second-order valence-electron chi connectivity index (χ2n) is 2.52. The summed E-state index contributed by atoms with van der Waals surface area (Å²) in [4.78, 5) is 7.35. The summed E-state index contributed by atoms with van der Waals surface area (Å²) in [7, 11) is 0. The molecule has 56 valence electrons. The number of nitrogens with one attached hydrogen (secondary N) is 1. The Kier molecular flexibility index (Phi) is 1.46. The summed E-state index contributed by atoms with van der Waals surface area (Å²) >= 11 is 3.38. The standard InChI is InChI=1S/C8H7BrN2/c1-5-4-6-7(11-5)2-3-10-8(6)9/h2-4,11H,1H3. The molecule has 2 aromatic heterocycles. The minimum Gasteiger partial charge on any atom is -0.359 e. The van der Waals surface area contributed by atoms with E-state index in [4.69, 9.17) is 0 Å². The minimum atomic E-state index is 0.902. The quantitative estimate of drug-likeness (QED) is 0.666. The number of fused-ring (bicyclic) bond motifs is 1. The molecule has 3 heteroatoms. The SMILES string of the molecule is Cc1cc2c(Br)nccc2[nH]1. The van der Waals surface area contributed by atoms with Gasteiger partial charge in [-0.05, 0) is 35.0 Å². The molecule has 0 saturated heterocycles. The van der Waals surface area contributed by atoms with Gasteiger partial charge in [-0.2, -0.15) is 0 Å². The van der Waals surface area contributed by atoms with Crippen molar-refractivity contribution < 1.29 is 0 Å². The molecular weight excluding hydrogens is 204 g/mol. The highest BCUT2D eigenvalue weighted by Gasteiger charge is 2.00. The van der Waals surface area contributed by atoms with Crippen molar-refractivity contribution in [3.63, 3.8) is 0 Å². The number of aromatic amines is 1. The van der Waals surface area contributed by atoms with Crippen molar-refractivity contribution in [3.8, 4) is 0 Å². The second kappa shape index (κ2) is 2.34. The summed E-state index contributed by atoms with van der Waals surface area (Å²) in [5, 5.41) is 1.14. The summed E-state index contributed by atoms with van der Waals surface area (Å²) in [6.45, 7) is 2.03. The predicted molar refractivity (Wildman–Crippen MR) is 48.5 cm³/mol. The largest absolute Gasteiger partial charge is 0.359 e. The number of pyridine rings is 1. The molecule has 0 spiro atoms. The average Bonchev–Trinajstić information content (AvgIpc) is 2.31. The summed E-state index contributed by atoms with van der Waals surface area (Å²) in [6.07, 6.45) is 1.78. The van der Waals surface area contributed by atoms with Crippen molar-refractivity contribution >= 4 is 26.8 Å². The van der Waals surface area contributed by atoms with Crippen molar-refractivity contribution in [1.29, 1.82) is 0 Å². The van der Waals surface area contributed by atoms with Crippen molar-refractivity contribution in [2.45, 2.75) is 6.92 Å². The monoisotopic (exact) mass is 210 g/mol. The van der Waals surface area contributed by atoms with Gasteiger partial charge in [0.2, 0.25) is 0 Å². The molecule has 0 aliphatic heterocycles. The molecule has 1 N–H and O–H groups in total. The van der Waals surface area contributed by atoms with Crippen molar-refractivity contribution in [1.82, 2.24) is 9.97 Å². The summed E-state index contributed by atoms with van der Waals surface area (Å²) < 4.78 is 0.902. The molecule has 2 aromatic rings. The van der Waals surface area contributed by atoms with E-state index < -0.39 is 0 Å². The van der Waals surface area contributed by atoms with Crippen molar-refractivity contribution in [3.05, 3.63) is 28.6 Å². The second-order valence-corrected chi connectivity index (χ2v) is 3.27. The highest BCUT2D eigenvalue weighted by atomic mass is 79.9. The van der Waals surface area contributed by atoms with Gasteiger partial charge in [-0.1, -0.05) is 0 Å². The smallest absolute Gasteiger partial charge is 0.115 e. The molecule has 0 unspecified atom stereocenters. The Morgan fingerprint density at radius 1 is 1.55 bits per heavy atom. The van der Waals surface area contributed by atoms with Crippen LogP contribution in [0.15, 0.2) is 22.9 Å². The molecule has 0 radical (unpaired) electrons. The number of halogens is 1. The van der Waals surface area contributed by atoms with Crippen LogP contribution in [-0.2, 0) is 0 Å². The molecule has 0 amide bonds. The Bertz CT molecular complexity index is 392. The lowest BCUT2D eigenvalue weighted by molar-refractivity contribution is 1.29. The van der Waals surface area contributed by atoms with Crippen LogP contribution in [0.4, 0.5) is 0 Å². The van der Waals surface area contributed by atoms with E-state index in [0.29, 0.717) is 0 Å². The number of aromatic nitrogens is 2. The molecule has 2 heterocycles. The fourth-order valence-electron chi connectivity index (χ4n) is 1.16. The fraction of sp³-hybridized carbons (Fsp3) is 0.125. The van der Waals surface area contributed by atoms with Crippen LogP contribution < -0.4 is 0 Å². The first kappa shape index (κ1) is 6.85. The topological polar surface area (TPSA) is 28.7 Å². The van der Waals surface area contributed by atoms with Gasteiger partial charge in [0.25, 0.3) is 0 Å². The Morgan fingerprint density at radius 2 is 2.36 bits per heavy atom. The van der Waals surface area contributed by atoms with Gasteiger partial charge in [0.1, 0.15) is 4.60 Å². The van der Waals surface area contributed by atoms with Gasteiger partial charge < -0.3 is 4.98 Å².